The number of hydrogen-bond acceptors (Lipinski definition) is 5. The van der Waals surface area contributed by atoms with Crippen LogP contribution in [0.3, 0.4) is 0 Å². The predicted molar refractivity (Wildman–Crippen MR) is 126 cm³/mol. The number of anilines is 1. The molecule has 0 radical (unpaired) electrons. The lowest BCUT2D eigenvalue weighted by Gasteiger charge is -2.36. The van der Waals surface area contributed by atoms with Crippen LogP contribution in [0.5, 0.6) is 11.5 Å². The van der Waals surface area contributed by atoms with Crippen molar-refractivity contribution >= 4 is 21.6 Å². The van der Waals surface area contributed by atoms with E-state index in [1.165, 1.54) is 0 Å². The molecule has 7 nitrogen and oxygen atoms in total. The first kappa shape index (κ1) is 21.5. The van der Waals surface area contributed by atoms with Crippen LogP contribution >= 0.6 is 15.9 Å². The number of para-hydroxylation sites is 2. The molecule has 3 aromatic rings. The van der Waals surface area contributed by atoms with Gasteiger partial charge in [0.1, 0.15) is 16.0 Å². The van der Waals surface area contributed by atoms with Gasteiger partial charge in [0.05, 0.1) is 31.3 Å². The molecule has 0 amide bonds. The molecule has 0 atom stereocenters. The minimum atomic E-state index is -0.0599. The Morgan fingerprint density at radius 3 is 2.26 bits per heavy atom. The summed E-state index contributed by atoms with van der Waals surface area (Å²) in [4.78, 5) is 17.7. The molecule has 8 heteroatoms. The Morgan fingerprint density at radius 2 is 1.61 bits per heavy atom. The smallest absolute Gasteiger partial charge is 0.286 e. The molecule has 164 valence electrons. The normalized spacial score (nSPS) is 14.6. The van der Waals surface area contributed by atoms with Crippen molar-refractivity contribution in [3.05, 3.63) is 69.1 Å². The largest absolute Gasteiger partial charge is 0.497 e. The zero-order valence-corrected chi connectivity index (χ0v) is 19.6. The maximum atomic E-state index is 12.9. The van der Waals surface area contributed by atoms with E-state index >= 15 is 0 Å². The summed E-state index contributed by atoms with van der Waals surface area (Å²) in [5.74, 6) is 1.66. The molecule has 1 fully saturated rings. The zero-order valence-electron chi connectivity index (χ0n) is 18.0. The molecule has 0 aliphatic carbocycles. The summed E-state index contributed by atoms with van der Waals surface area (Å²) >= 11 is 3.54. The minimum absolute atomic E-state index is 0.0599. The molecule has 0 spiro atoms. The van der Waals surface area contributed by atoms with Gasteiger partial charge in [-0.05, 0) is 52.3 Å². The lowest BCUT2D eigenvalue weighted by Crippen LogP contribution is -2.46. The third-order valence-corrected chi connectivity index (χ3v) is 6.61. The number of piperazine rings is 1. The van der Waals surface area contributed by atoms with Gasteiger partial charge in [0.25, 0.3) is 5.56 Å². The van der Waals surface area contributed by atoms with Crippen LogP contribution in [0.25, 0.3) is 5.69 Å². The lowest BCUT2D eigenvalue weighted by molar-refractivity contribution is 0.242. The van der Waals surface area contributed by atoms with E-state index in [0.717, 1.165) is 54.7 Å². The van der Waals surface area contributed by atoms with E-state index in [9.17, 15) is 4.79 Å². The number of methoxy groups -OCH3 is 2. The number of aromatic nitrogens is 2. The molecule has 0 bridgehead atoms. The second kappa shape index (κ2) is 9.20. The van der Waals surface area contributed by atoms with Gasteiger partial charge in [-0.15, -0.1) is 0 Å². The number of halogens is 1. The van der Waals surface area contributed by atoms with Gasteiger partial charge in [0.15, 0.2) is 0 Å². The van der Waals surface area contributed by atoms with E-state index in [2.05, 4.69) is 31.8 Å². The van der Waals surface area contributed by atoms with Crippen LogP contribution < -0.4 is 19.9 Å². The average Bonchev–Trinajstić information content (AvgIpc) is 3.02. The van der Waals surface area contributed by atoms with Crippen LogP contribution in [0.2, 0.25) is 0 Å². The van der Waals surface area contributed by atoms with Crippen molar-refractivity contribution in [2.45, 2.75) is 6.54 Å². The SMILES string of the molecule is COc1ccc(-n2c(=O)c(Br)c(CN3CCN(c4ccccc4OC)CC3)n2C)cc1. The number of rotatable bonds is 6. The molecule has 0 N–H and O–H groups in total. The Bertz CT molecular complexity index is 1100. The Morgan fingerprint density at radius 1 is 0.935 bits per heavy atom. The Kier molecular flexibility index (Phi) is 6.38. The van der Waals surface area contributed by atoms with Crippen LogP contribution in [-0.2, 0) is 13.6 Å². The van der Waals surface area contributed by atoms with Crippen molar-refractivity contribution in [3.8, 4) is 17.2 Å². The summed E-state index contributed by atoms with van der Waals surface area (Å²) in [5, 5.41) is 0. The topological polar surface area (TPSA) is 51.9 Å². The molecule has 1 saturated heterocycles. The summed E-state index contributed by atoms with van der Waals surface area (Å²) in [5.41, 5.74) is 2.84. The standard InChI is InChI=1S/C23H27BrN4O3/c1-25-20(22(24)23(29)28(25)17-8-10-18(30-2)11-9-17)16-26-12-14-27(15-13-26)19-6-4-5-7-21(19)31-3/h4-11H,12-16H2,1-3H3. The van der Waals surface area contributed by atoms with Crippen LogP contribution in [0.4, 0.5) is 5.69 Å². The highest BCUT2D eigenvalue weighted by molar-refractivity contribution is 9.10. The highest BCUT2D eigenvalue weighted by atomic mass is 79.9. The first-order chi connectivity index (χ1) is 15.0. The molecule has 0 unspecified atom stereocenters. The average molecular weight is 487 g/mol. The summed E-state index contributed by atoms with van der Waals surface area (Å²) < 4.78 is 15.0. The fraction of sp³-hybridized carbons (Fsp3) is 0.348. The van der Waals surface area contributed by atoms with Gasteiger partial charge in [-0.25, -0.2) is 4.68 Å². The molecule has 31 heavy (non-hydrogen) atoms. The number of hydrogen-bond donors (Lipinski definition) is 0. The maximum absolute atomic E-state index is 12.9. The summed E-state index contributed by atoms with van der Waals surface area (Å²) in [6, 6.07) is 15.6. The van der Waals surface area contributed by atoms with Gasteiger partial charge < -0.3 is 14.4 Å². The van der Waals surface area contributed by atoms with Gasteiger partial charge in [-0.1, -0.05) is 12.1 Å². The number of nitrogens with zero attached hydrogens (tertiary/aromatic N) is 4. The van der Waals surface area contributed by atoms with Gasteiger partial charge in [0.2, 0.25) is 0 Å². The van der Waals surface area contributed by atoms with E-state index in [4.69, 9.17) is 9.47 Å². The molecule has 2 aromatic carbocycles. The van der Waals surface area contributed by atoms with Crippen molar-refractivity contribution in [3.63, 3.8) is 0 Å². The summed E-state index contributed by atoms with van der Waals surface area (Å²) in [6.45, 7) is 4.34. The third-order valence-electron chi connectivity index (χ3n) is 5.81. The molecular formula is C23H27BrN4O3. The quantitative estimate of drug-likeness (QED) is 0.535. The molecule has 4 rings (SSSR count). The van der Waals surface area contributed by atoms with Crippen LogP contribution in [0, 0.1) is 0 Å². The van der Waals surface area contributed by atoms with Crippen LogP contribution in [0.15, 0.2) is 57.8 Å². The predicted octanol–water partition coefficient (Wildman–Crippen LogP) is 3.28. The molecule has 1 aliphatic rings. The lowest BCUT2D eigenvalue weighted by atomic mass is 10.2. The minimum Gasteiger partial charge on any atom is -0.497 e. The first-order valence-corrected chi connectivity index (χ1v) is 11.0. The maximum Gasteiger partial charge on any atom is 0.286 e. The molecule has 1 aliphatic heterocycles. The fourth-order valence-corrected chi connectivity index (χ4v) is 4.60. The van der Waals surface area contributed by atoms with E-state index in [0.29, 0.717) is 11.0 Å². The van der Waals surface area contributed by atoms with Crippen molar-refractivity contribution in [2.75, 3.05) is 45.3 Å². The van der Waals surface area contributed by atoms with Gasteiger partial charge in [-0.3, -0.25) is 14.4 Å². The second-order valence-corrected chi connectivity index (χ2v) is 8.33. The molecule has 1 aromatic heterocycles. The molecule has 2 heterocycles. The monoisotopic (exact) mass is 486 g/mol. The van der Waals surface area contributed by atoms with Crippen molar-refractivity contribution in [1.29, 1.82) is 0 Å². The van der Waals surface area contributed by atoms with Gasteiger partial charge in [-0.2, -0.15) is 0 Å². The Hall–Kier alpha value is -2.71. The highest BCUT2D eigenvalue weighted by Gasteiger charge is 2.23. The van der Waals surface area contributed by atoms with Crippen LogP contribution in [0.1, 0.15) is 5.69 Å². The van der Waals surface area contributed by atoms with E-state index in [1.807, 2.05) is 54.2 Å². The van der Waals surface area contributed by atoms with E-state index in [-0.39, 0.29) is 5.56 Å². The second-order valence-electron chi connectivity index (χ2n) is 7.53. The number of ether oxygens (including phenoxy) is 2. The highest BCUT2D eigenvalue weighted by Crippen LogP contribution is 2.29. The van der Waals surface area contributed by atoms with Crippen molar-refractivity contribution in [2.24, 2.45) is 7.05 Å². The number of benzene rings is 2. The fourth-order valence-electron chi connectivity index (χ4n) is 4.05. The third kappa shape index (κ3) is 4.22. The Balaban J connectivity index is 1.50. The molecule has 0 saturated carbocycles. The molecular weight excluding hydrogens is 460 g/mol. The van der Waals surface area contributed by atoms with E-state index in [1.54, 1.807) is 18.9 Å². The van der Waals surface area contributed by atoms with Crippen LogP contribution in [-0.4, -0.2) is 54.7 Å². The Labute approximate surface area is 190 Å². The summed E-state index contributed by atoms with van der Waals surface area (Å²) in [6.07, 6.45) is 0. The van der Waals surface area contributed by atoms with E-state index < -0.39 is 0 Å². The van der Waals surface area contributed by atoms with Gasteiger partial charge in [0, 0.05) is 39.8 Å². The summed E-state index contributed by atoms with van der Waals surface area (Å²) in [7, 11) is 5.27. The van der Waals surface area contributed by atoms with Crippen molar-refractivity contribution in [1.82, 2.24) is 14.3 Å². The van der Waals surface area contributed by atoms with Crippen molar-refractivity contribution < 1.29 is 9.47 Å². The first-order valence-electron chi connectivity index (χ1n) is 10.2. The zero-order chi connectivity index (χ0) is 22.0. The van der Waals surface area contributed by atoms with Gasteiger partial charge >= 0.3 is 0 Å².